The van der Waals surface area contributed by atoms with Crippen molar-refractivity contribution in [1.82, 2.24) is 0 Å². The number of unbranched alkanes of at least 4 members (excludes halogenated alkanes) is 19. The van der Waals surface area contributed by atoms with Crippen LogP contribution >= 0.6 is 7.82 Å². The molecule has 0 radical (unpaired) electrons. The van der Waals surface area contributed by atoms with E-state index >= 15 is 0 Å². The Morgan fingerprint density at radius 1 is 0.582 bits per heavy atom. The van der Waals surface area contributed by atoms with Gasteiger partial charge in [0.25, 0.3) is 7.82 Å². The van der Waals surface area contributed by atoms with Crippen LogP contribution in [0.4, 0.5) is 0 Å². The molecule has 0 aromatic rings. The van der Waals surface area contributed by atoms with Crippen molar-refractivity contribution in [2.45, 2.75) is 187 Å². The Morgan fingerprint density at radius 2 is 1.05 bits per heavy atom. The highest BCUT2D eigenvalue weighted by Gasteiger charge is 2.20. The van der Waals surface area contributed by atoms with Crippen LogP contribution in [0.3, 0.4) is 0 Å². The standard InChI is InChI=1S/C46H86NO7P/c1-6-8-10-12-14-16-18-19-20-21-22-23-24-25-26-27-28-29-30-31-33-35-37-39-46(48)54-45(44-53-55(49,50)52-42-40-47(3,4)5)43-51-41-38-36-34-32-17-15-13-11-9-7-2/h8,10,14,16,19-20,22-23,45H,6-7,9,11-13,15,17-18,21,24-44H2,1-5H3/b10-8-,16-14-,20-19-,23-22-. The summed E-state index contributed by atoms with van der Waals surface area (Å²) < 4.78 is 34.5. The first kappa shape index (κ1) is 53.5. The maximum absolute atomic E-state index is 12.7. The molecule has 322 valence electrons. The van der Waals surface area contributed by atoms with E-state index in [0.29, 0.717) is 24.1 Å². The van der Waals surface area contributed by atoms with Crippen LogP contribution in [0.25, 0.3) is 0 Å². The Balaban J connectivity index is 4.13. The topological polar surface area (TPSA) is 94.1 Å². The molecule has 9 heteroatoms. The molecule has 0 rings (SSSR count). The minimum absolute atomic E-state index is 0.0250. The Labute approximate surface area is 339 Å². The van der Waals surface area contributed by atoms with Gasteiger partial charge >= 0.3 is 5.97 Å². The van der Waals surface area contributed by atoms with Crippen molar-refractivity contribution in [1.29, 1.82) is 0 Å². The van der Waals surface area contributed by atoms with Gasteiger partial charge in [-0.2, -0.15) is 0 Å². The number of hydrogen-bond acceptors (Lipinski definition) is 7. The molecule has 0 aromatic heterocycles. The lowest BCUT2D eigenvalue weighted by Gasteiger charge is -2.28. The summed E-state index contributed by atoms with van der Waals surface area (Å²) in [7, 11) is 1.35. The van der Waals surface area contributed by atoms with E-state index in [2.05, 4.69) is 62.5 Å². The number of likely N-dealkylation sites (N-methyl/N-ethyl adjacent to an activating group) is 1. The van der Waals surface area contributed by atoms with Crippen LogP contribution in [0.5, 0.6) is 0 Å². The number of allylic oxidation sites excluding steroid dienone is 8. The lowest BCUT2D eigenvalue weighted by molar-refractivity contribution is -0.870. The molecule has 0 aromatic carbocycles. The third-order valence-corrected chi connectivity index (χ3v) is 10.4. The van der Waals surface area contributed by atoms with E-state index in [0.717, 1.165) is 57.8 Å². The van der Waals surface area contributed by atoms with Crippen LogP contribution in [0, 0.1) is 0 Å². The van der Waals surface area contributed by atoms with E-state index in [-0.39, 0.29) is 25.8 Å². The molecular formula is C46H86NO7P. The van der Waals surface area contributed by atoms with E-state index in [1.165, 1.54) is 103 Å². The van der Waals surface area contributed by atoms with Gasteiger partial charge in [0.15, 0.2) is 0 Å². The Bertz CT molecular complexity index is 1020. The molecule has 8 nitrogen and oxygen atoms in total. The number of carbonyl (C=O) groups is 1. The SMILES string of the molecule is CC/C=C\C/C=C\C/C=C\C/C=C\CCCCCCCCCCCCC(=O)OC(COCCCCCCCCCCCC)COP(=O)([O-])OCC[N+](C)(C)C. The van der Waals surface area contributed by atoms with Crippen LogP contribution in [0.15, 0.2) is 48.6 Å². The van der Waals surface area contributed by atoms with Crippen LogP contribution in [-0.2, 0) is 27.9 Å². The molecule has 0 amide bonds. The first-order valence-corrected chi connectivity index (χ1v) is 23.8. The van der Waals surface area contributed by atoms with Crippen LogP contribution in [-0.4, -0.2) is 70.7 Å². The number of quaternary nitrogens is 1. The molecule has 55 heavy (non-hydrogen) atoms. The van der Waals surface area contributed by atoms with Gasteiger partial charge in [-0.1, -0.05) is 172 Å². The fraction of sp³-hybridized carbons (Fsp3) is 0.804. The van der Waals surface area contributed by atoms with Gasteiger partial charge in [0.2, 0.25) is 0 Å². The molecule has 2 atom stereocenters. The fourth-order valence-corrected chi connectivity index (χ4v) is 6.68. The van der Waals surface area contributed by atoms with Gasteiger partial charge < -0.3 is 27.9 Å². The van der Waals surface area contributed by atoms with Crippen molar-refractivity contribution in [2.24, 2.45) is 0 Å². The first-order valence-electron chi connectivity index (χ1n) is 22.4. The molecule has 0 bridgehead atoms. The highest BCUT2D eigenvalue weighted by atomic mass is 31.2. The van der Waals surface area contributed by atoms with Crippen LogP contribution in [0.2, 0.25) is 0 Å². The predicted octanol–water partition coefficient (Wildman–Crippen LogP) is 12.5. The van der Waals surface area contributed by atoms with Gasteiger partial charge in [-0.05, 0) is 51.4 Å². The zero-order chi connectivity index (χ0) is 40.6. The Kier molecular flexibility index (Phi) is 38.2. The van der Waals surface area contributed by atoms with Crippen molar-refractivity contribution in [2.75, 3.05) is 54.1 Å². The zero-order valence-electron chi connectivity index (χ0n) is 36.4. The quantitative estimate of drug-likeness (QED) is 0.0200. The van der Waals surface area contributed by atoms with Gasteiger partial charge in [-0.3, -0.25) is 9.36 Å². The van der Waals surface area contributed by atoms with E-state index < -0.39 is 13.9 Å². The van der Waals surface area contributed by atoms with E-state index in [9.17, 15) is 14.3 Å². The molecular weight excluding hydrogens is 709 g/mol. The number of nitrogens with zero attached hydrogens (tertiary/aromatic N) is 1. The lowest BCUT2D eigenvalue weighted by atomic mass is 10.0. The predicted molar refractivity (Wildman–Crippen MR) is 231 cm³/mol. The molecule has 0 N–H and O–H groups in total. The smallest absolute Gasteiger partial charge is 0.306 e. The minimum Gasteiger partial charge on any atom is -0.756 e. The van der Waals surface area contributed by atoms with Gasteiger partial charge in [-0.15, -0.1) is 0 Å². The molecule has 0 heterocycles. The second-order valence-corrected chi connectivity index (χ2v) is 17.4. The number of ether oxygens (including phenoxy) is 2. The van der Waals surface area contributed by atoms with Gasteiger partial charge in [0.1, 0.15) is 19.3 Å². The summed E-state index contributed by atoms with van der Waals surface area (Å²) in [5, 5.41) is 0. The third-order valence-electron chi connectivity index (χ3n) is 9.39. The van der Waals surface area contributed by atoms with Gasteiger partial charge in [0.05, 0.1) is 34.4 Å². The summed E-state index contributed by atoms with van der Waals surface area (Å²) in [4.78, 5) is 25.0. The van der Waals surface area contributed by atoms with Gasteiger partial charge in [0, 0.05) is 13.0 Å². The van der Waals surface area contributed by atoms with Crippen molar-refractivity contribution < 1.29 is 37.3 Å². The molecule has 0 saturated heterocycles. The summed E-state index contributed by atoms with van der Waals surface area (Å²) in [6.45, 7) is 5.29. The number of rotatable bonds is 41. The summed E-state index contributed by atoms with van der Waals surface area (Å²) in [5.41, 5.74) is 0. The highest BCUT2D eigenvalue weighted by molar-refractivity contribution is 7.45. The maximum atomic E-state index is 12.7. The molecule has 0 aliphatic heterocycles. The van der Waals surface area contributed by atoms with Crippen molar-refractivity contribution in [3.63, 3.8) is 0 Å². The highest BCUT2D eigenvalue weighted by Crippen LogP contribution is 2.38. The van der Waals surface area contributed by atoms with Gasteiger partial charge in [-0.25, -0.2) is 0 Å². The van der Waals surface area contributed by atoms with Crippen molar-refractivity contribution in [3.05, 3.63) is 48.6 Å². The van der Waals surface area contributed by atoms with Crippen LogP contribution < -0.4 is 4.89 Å². The number of carbonyl (C=O) groups excluding carboxylic acids is 1. The summed E-state index contributed by atoms with van der Waals surface area (Å²) >= 11 is 0. The maximum Gasteiger partial charge on any atom is 0.306 e. The van der Waals surface area contributed by atoms with E-state index in [1.54, 1.807) is 0 Å². The summed E-state index contributed by atoms with van der Waals surface area (Å²) in [6, 6.07) is 0. The number of phosphoric ester groups is 1. The number of esters is 1. The third kappa shape index (κ3) is 43.4. The molecule has 2 unspecified atom stereocenters. The fourth-order valence-electron chi connectivity index (χ4n) is 5.95. The van der Waals surface area contributed by atoms with E-state index in [1.807, 2.05) is 21.1 Å². The second-order valence-electron chi connectivity index (χ2n) is 16.0. The molecule has 0 saturated carbocycles. The summed E-state index contributed by atoms with van der Waals surface area (Å²) in [5.74, 6) is -0.340. The largest absolute Gasteiger partial charge is 0.756 e. The minimum atomic E-state index is -4.52. The monoisotopic (exact) mass is 796 g/mol. The molecule has 0 fully saturated rings. The molecule has 0 aliphatic rings. The average molecular weight is 796 g/mol. The summed E-state index contributed by atoms with van der Waals surface area (Å²) in [6.07, 6.45) is 46.9. The van der Waals surface area contributed by atoms with Crippen molar-refractivity contribution in [3.8, 4) is 0 Å². The Morgan fingerprint density at radius 3 is 1.58 bits per heavy atom. The van der Waals surface area contributed by atoms with Crippen molar-refractivity contribution >= 4 is 13.8 Å². The van der Waals surface area contributed by atoms with E-state index in [4.69, 9.17) is 18.5 Å². The second kappa shape index (κ2) is 39.3. The molecule has 0 aliphatic carbocycles. The lowest BCUT2D eigenvalue weighted by Crippen LogP contribution is -2.37. The Hall–Kier alpha value is -1.54. The number of hydrogen-bond donors (Lipinski definition) is 0. The first-order chi connectivity index (χ1) is 26.6. The number of phosphoric acid groups is 1. The average Bonchev–Trinajstić information content (AvgIpc) is 3.13. The van der Waals surface area contributed by atoms with Crippen LogP contribution in [0.1, 0.15) is 181 Å². The zero-order valence-corrected chi connectivity index (χ0v) is 37.3. The normalized spacial score (nSPS) is 14.2. The molecule has 0 spiro atoms.